The Morgan fingerprint density at radius 1 is 1.26 bits per heavy atom. The second kappa shape index (κ2) is 5.81. The molecule has 1 atom stereocenters. The van der Waals surface area contributed by atoms with Crippen molar-refractivity contribution in [1.82, 2.24) is 15.2 Å². The van der Waals surface area contributed by atoms with Crippen LogP contribution >= 0.6 is 0 Å². The molecule has 4 heterocycles. The van der Waals surface area contributed by atoms with Crippen LogP contribution in [0.25, 0.3) is 0 Å². The van der Waals surface area contributed by atoms with Gasteiger partial charge >= 0.3 is 0 Å². The van der Waals surface area contributed by atoms with Crippen molar-refractivity contribution in [3.63, 3.8) is 0 Å². The largest absolute Gasteiger partial charge is 0.472 e. The van der Waals surface area contributed by atoms with E-state index in [0.29, 0.717) is 6.42 Å². The number of nitrogens with one attached hydrogen (secondary N) is 1. The number of piperidine rings is 1. The van der Waals surface area contributed by atoms with Crippen molar-refractivity contribution in [3.8, 4) is 0 Å². The monoisotopic (exact) mass is 311 g/mol. The van der Waals surface area contributed by atoms with E-state index in [4.69, 9.17) is 4.42 Å². The molecule has 23 heavy (non-hydrogen) atoms. The predicted octanol–water partition coefficient (Wildman–Crippen LogP) is 2.31. The summed E-state index contributed by atoms with van der Waals surface area (Å²) in [4.78, 5) is 18.6. The maximum absolute atomic E-state index is 12.1. The average molecular weight is 311 g/mol. The van der Waals surface area contributed by atoms with E-state index in [9.17, 15) is 4.79 Å². The van der Waals surface area contributed by atoms with Gasteiger partial charge in [0.15, 0.2) is 0 Å². The van der Waals surface area contributed by atoms with Crippen LogP contribution in [0.15, 0.2) is 47.5 Å². The van der Waals surface area contributed by atoms with E-state index in [1.165, 1.54) is 11.1 Å². The minimum Gasteiger partial charge on any atom is -0.472 e. The Morgan fingerprint density at radius 3 is 2.74 bits per heavy atom. The zero-order valence-electron chi connectivity index (χ0n) is 13.1. The number of likely N-dealkylation sites (tertiary alicyclic amines) is 1. The molecule has 2 aromatic heterocycles. The molecular weight excluding hydrogens is 290 g/mol. The fourth-order valence-electron chi connectivity index (χ4n) is 4.05. The number of carbonyl (C=O) groups is 1. The van der Waals surface area contributed by atoms with Crippen molar-refractivity contribution in [2.45, 2.75) is 37.3 Å². The Kier molecular flexibility index (Phi) is 3.65. The molecule has 2 saturated heterocycles. The third-order valence-corrected chi connectivity index (χ3v) is 5.29. The zero-order chi connectivity index (χ0) is 15.7. The predicted molar refractivity (Wildman–Crippen MR) is 85.7 cm³/mol. The third kappa shape index (κ3) is 2.77. The summed E-state index contributed by atoms with van der Waals surface area (Å²) in [6, 6.07) is 6.11. The number of pyridine rings is 1. The summed E-state index contributed by atoms with van der Waals surface area (Å²) in [5.74, 6) is 0.434. The number of aromatic nitrogens is 1. The van der Waals surface area contributed by atoms with Crippen LogP contribution in [-0.2, 0) is 11.3 Å². The summed E-state index contributed by atoms with van der Waals surface area (Å²) in [5, 5.41) is 3.29. The summed E-state index contributed by atoms with van der Waals surface area (Å²) >= 11 is 0. The van der Waals surface area contributed by atoms with Gasteiger partial charge in [0.2, 0.25) is 5.91 Å². The van der Waals surface area contributed by atoms with Crippen molar-refractivity contribution >= 4 is 5.91 Å². The summed E-state index contributed by atoms with van der Waals surface area (Å²) in [6.45, 7) is 2.90. The SMILES string of the molecule is O=C1C[C@@H](c2ccncc2)C2(CCN(Cc3ccoc3)CC2)N1. The molecule has 120 valence electrons. The maximum atomic E-state index is 12.1. The van der Waals surface area contributed by atoms with Crippen molar-refractivity contribution < 1.29 is 9.21 Å². The van der Waals surface area contributed by atoms with Gasteiger partial charge in [-0.2, -0.15) is 0 Å². The molecule has 4 rings (SSSR count). The highest BCUT2D eigenvalue weighted by molar-refractivity contribution is 5.81. The van der Waals surface area contributed by atoms with Crippen LogP contribution in [0.2, 0.25) is 0 Å². The molecule has 0 radical (unpaired) electrons. The van der Waals surface area contributed by atoms with Crippen LogP contribution in [0.5, 0.6) is 0 Å². The number of nitrogens with zero attached hydrogens (tertiary/aromatic N) is 2. The smallest absolute Gasteiger partial charge is 0.221 e. The highest BCUT2D eigenvalue weighted by Gasteiger charge is 2.48. The highest BCUT2D eigenvalue weighted by Crippen LogP contribution is 2.43. The van der Waals surface area contributed by atoms with Crippen LogP contribution in [0.1, 0.15) is 36.3 Å². The van der Waals surface area contributed by atoms with Crippen molar-refractivity contribution in [2.24, 2.45) is 0 Å². The molecule has 0 saturated carbocycles. The molecule has 2 aromatic rings. The molecule has 5 heteroatoms. The van der Waals surface area contributed by atoms with Gasteiger partial charge in [-0.3, -0.25) is 14.7 Å². The lowest BCUT2D eigenvalue weighted by atomic mass is 9.74. The normalized spacial score (nSPS) is 24.0. The first-order valence-corrected chi connectivity index (χ1v) is 8.20. The van der Waals surface area contributed by atoms with E-state index in [1.807, 2.05) is 36.9 Å². The molecule has 1 N–H and O–H groups in total. The van der Waals surface area contributed by atoms with Gasteiger partial charge in [-0.15, -0.1) is 0 Å². The van der Waals surface area contributed by atoms with E-state index in [-0.39, 0.29) is 17.4 Å². The fraction of sp³-hybridized carbons (Fsp3) is 0.444. The zero-order valence-corrected chi connectivity index (χ0v) is 13.1. The fourth-order valence-corrected chi connectivity index (χ4v) is 4.05. The lowest BCUT2D eigenvalue weighted by Crippen LogP contribution is -2.53. The van der Waals surface area contributed by atoms with Gasteiger partial charge in [-0.25, -0.2) is 0 Å². The first-order chi connectivity index (χ1) is 11.3. The number of amides is 1. The van der Waals surface area contributed by atoms with Crippen LogP contribution < -0.4 is 5.32 Å². The average Bonchev–Trinajstić information content (AvgIpc) is 3.19. The Morgan fingerprint density at radius 2 is 2.04 bits per heavy atom. The quantitative estimate of drug-likeness (QED) is 0.945. The molecule has 0 aliphatic carbocycles. The van der Waals surface area contributed by atoms with Gasteiger partial charge in [0, 0.05) is 55.5 Å². The topological polar surface area (TPSA) is 58.4 Å². The van der Waals surface area contributed by atoms with Crippen molar-refractivity contribution in [3.05, 3.63) is 54.2 Å². The molecule has 0 aromatic carbocycles. The Hall–Kier alpha value is -2.14. The molecule has 2 fully saturated rings. The molecule has 1 amide bonds. The summed E-state index contributed by atoms with van der Waals surface area (Å²) in [6.07, 6.45) is 9.73. The van der Waals surface area contributed by atoms with Crippen LogP contribution in [0.4, 0.5) is 0 Å². The Bertz CT molecular complexity index is 661. The van der Waals surface area contributed by atoms with E-state index < -0.39 is 0 Å². The number of carbonyl (C=O) groups excluding carboxylic acids is 1. The van der Waals surface area contributed by atoms with Crippen LogP contribution in [0, 0.1) is 0 Å². The Balaban J connectivity index is 1.49. The number of rotatable bonds is 3. The molecule has 1 spiro atoms. The molecule has 0 bridgehead atoms. The molecule has 2 aliphatic rings. The minimum absolute atomic E-state index is 0.0919. The van der Waals surface area contributed by atoms with Gasteiger partial charge in [0.1, 0.15) is 0 Å². The van der Waals surface area contributed by atoms with Crippen LogP contribution in [0.3, 0.4) is 0 Å². The highest BCUT2D eigenvalue weighted by atomic mass is 16.3. The number of hydrogen-bond donors (Lipinski definition) is 1. The minimum atomic E-state index is -0.0919. The van der Waals surface area contributed by atoms with E-state index in [2.05, 4.69) is 15.2 Å². The van der Waals surface area contributed by atoms with Gasteiger partial charge in [0.25, 0.3) is 0 Å². The first kappa shape index (κ1) is 14.5. The van der Waals surface area contributed by atoms with E-state index in [0.717, 1.165) is 32.5 Å². The molecule has 0 unspecified atom stereocenters. The van der Waals surface area contributed by atoms with Crippen molar-refractivity contribution in [1.29, 1.82) is 0 Å². The lowest BCUT2D eigenvalue weighted by molar-refractivity contribution is -0.120. The van der Waals surface area contributed by atoms with E-state index >= 15 is 0 Å². The van der Waals surface area contributed by atoms with Gasteiger partial charge in [-0.05, 0) is 36.6 Å². The second-order valence-corrected chi connectivity index (χ2v) is 6.65. The lowest BCUT2D eigenvalue weighted by Gasteiger charge is -2.43. The summed E-state index contributed by atoms with van der Waals surface area (Å²) in [5.41, 5.74) is 2.34. The molecular formula is C18H21N3O2. The third-order valence-electron chi connectivity index (χ3n) is 5.29. The standard InChI is InChI=1S/C18H21N3O2/c22-17-11-16(15-1-6-19-7-2-15)18(20-17)4-8-21(9-5-18)12-14-3-10-23-13-14/h1-3,6-7,10,13,16H,4-5,8-9,11-12H2,(H,20,22)/t16-/m0/s1. The first-order valence-electron chi connectivity index (χ1n) is 8.20. The van der Waals surface area contributed by atoms with Gasteiger partial charge in [-0.1, -0.05) is 0 Å². The maximum Gasteiger partial charge on any atom is 0.221 e. The summed E-state index contributed by atoms with van der Waals surface area (Å²) < 4.78 is 5.15. The molecule has 2 aliphatic heterocycles. The Labute approximate surface area is 135 Å². The van der Waals surface area contributed by atoms with E-state index in [1.54, 1.807) is 6.26 Å². The van der Waals surface area contributed by atoms with Crippen LogP contribution in [-0.4, -0.2) is 34.4 Å². The van der Waals surface area contributed by atoms with Gasteiger partial charge < -0.3 is 9.73 Å². The molecule has 5 nitrogen and oxygen atoms in total. The number of hydrogen-bond acceptors (Lipinski definition) is 4. The van der Waals surface area contributed by atoms with Gasteiger partial charge in [0.05, 0.1) is 12.5 Å². The second-order valence-electron chi connectivity index (χ2n) is 6.65. The van der Waals surface area contributed by atoms with Crippen molar-refractivity contribution in [2.75, 3.05) is 13.1 Å². The number of furan rings is 1. The summed E-state index contributed by atoms with van der Waals surface area (Å²) in [7, 11) is 0.